The zero-order chi connectivity index (χ0) is 16.5. The number of rotatable bonds is 10. The van der Waals surface area contributed by atoms with Crippen molar-refractivity contribution in [2.45, 2.75) is 73.5 Å². The van der Waals surface area contributed by atoms with Crippen LogP contribution in [0.15, 0.2) is 23.3 Å². The van der Waals surface area contributed by atoms with E-state index in [0.717, 1.165) is 12.8 Å². The summed E-state index contributed by atoms with van der Waals surface area (Å²) in [7, 11) is 0. The molecule has 124 valence electrons. The van der Waals surface area contributed by atoms with Crippen molar-refractivity contribution in [2.24, 2.45) is 0 Å². The molecule has 0 amide bonds. The van der Waals surface area contributed by atoms with Crippen LogP contribution in [-0.4, -0.2) is 18.0 Å². The summed E-state index contributed by atoms with van der Waals surface area (Å²) < 4.78 is 23.6. The van der Waals surface area contributed by atoms with E-state index in [9.17, 15) is 4.57 Å². The van der Waals surface area contributed by atoms with Gasteiger partial charge in [0.15, 0.2) is 0 Å². The maximum atomic E-state index is 12.6. The molecular formula is C16H31O3PS. The minimum absolute atomic E-state index is 0.107. The van der Waals surface area contributed by atoms with Crippen LogP contribution in [-0.2, 0) is 13.6 Å². The van der Waals surface area contributed by atoms with Gasteiger partial charge in [0.05, 0.1) is 12.2 Å². The summed E-state index contributed by atoms with van der Waals surface area (Å²) in [6, 6.07) is 0. The second-order valence-corrected chi connectivity index (χ2v) is 9.95. The molecule has 0 saturated heterocycles. The van der Waals surface area contributed by atoms with Crippen LogP contribution in [0.5, 0.6) is 0 Å². The lowest BCUT2D eigenvalue weighted by atomic mass is 10.1. The molecule has 0 saturated carbocycles. The van der Waals surface area contributed by atoms with Crippen LogP contribution >= 0.6 is 18.2 Å². The molecule has 0 spiro atoms. The Kier molecular flexibility index (Phi) is 10.7. The highest BCUT2D eigenvalue weighted by Crippen LogP contribution is 2.62. The minimum Gasteiger partial charge on any atom is -0.298 e. The van der Waals surface area contributed by atoms with Crippen LogP contribution in [0.2, 0.25) is 0 Å². The molecule has 0 atom stereocenters. The first-order valence-electron chi connectivity index (χ1n) is 7.55. The summed E-state index contributed by atoms with van der Waals surface area (Å²) in [5, 5.41) is 0. The van der Waals surface area contributed by atoms with Gasteiger partial charge in [-0.25, -0.2) is 4.57 Å². The molecular weight excluding hydrogens is 303 g/mol. The third-order valence-corrected chi connectivity index (χ3v) is 6.34. The van der Waals surface area contributed by atoms with Gasteiger partial charge in [-0.05, 0) is 72.7 Å². The number of hydrogen-bond acceptors (Lipinski definition) is 4. The van der Waals surface area contributed by atoms with Crippen LogP contribution < -0.4 is 0 Å². The number of allylic oxidation sites excluding steroid dienone is 3. The van der Waals surface area contributed by atoms with E-state index in [2.05, 4.69) is 32.9 Å². The van der Waals surface area contributed by atoms with Gasteiger partial charge >= 0.3 is 6.80 Å². The lowest BCUT2D eigenvalue weighted by Crippen LogP contribution is -2.06. The molecule has 0 radical (unpaired) electrons. The molecule has 0 fully saturated rings. The Bertz CT molecular complexity index is 382. The fourth-order valence-electron chi connectivity index (χ4n) is 1.56. The van der Waals surface area contributed by atoms with Crippen LogP contribution in [0, 0.1) is 0 Å². The monoisotopic (exact) mass is 334 g/mol. The van der Waals surface area contributed by atoms with Gasteiger partial charge in [0.2, 0.25) is 0 Å². The molecule has 0 aliphatic heterocycles. The topological polar surface area (TPSA) is 35.5 Å². The van der Waals surface area contributed by atoms with Crippen molar-refractivity contribution in [3.63, 3.8) is 0 Å². The molecule has 0 aromatic rings. The number of hydrogen-bond donors (Lipinski definition) is 0. The van der Waals surface area contributed by atoms with E-state index >= 15 is 0 Å². The van der Waals surface area contributed by atoms with E-state index in [1.54, 1.807) is 0 Å². The molecule has 0 heterocycles. The highest BCUT2D eigenvalue weighted by molar-refractivity contribution is 8.55. The molecule has 0 aromatic carbocycles. The van der Waals surface area contributed by atoms with Gasteiger partial charge in [0.1, 0.15) is 0 Å². The Morgan fingerprint density at radius 2 is 1.57 bits per heavy atom. The highest BCUT2D eigenvalue weighted by Gasteiger charge is 2.27. The third kappa shape index (κ3) is 12.2. The fourth-order valence-corrected chi connectivity index (χ4v) is 5.48. The molecule has 0 N–H and O–H groups in total. The van der Waals surface area contributed by atoms with Crippen LogP contribution in [0.3, 0.4) is 0 Å². The summed E-state index contributed by atoms with van der Waals surface area (Å²) in [4.78, 5) is 0. The summed E-state index contributed by atoms with van der Waals surface area (Å²) in [6.07, 6.45) is 6.22. The van der Waals surface area contributed by atoms with Gasteiger partial charge < -0.3 is 0 Å². The van der Waals surface area contributed by atoms with Crippen molar-refractivity contribution in [3.05, 3.63) is 23.3 Å². The van der Waals surface area contributed by atoms with Crippen molar-refractivity contribution in [2.75, 3.05) is 5.75 Å². The van der Waals surface area contributed by atoms with E-state index in [-0.39, 0.29) is 12.2 Å². The Hall–Kier alpha value is -0.0200. The van der Waals surface area contributed by atoms with Gasteiger partial charge in [-0.3, -0.25) is 9.05 Å². The van der Waals surface area contributed by atoms with Crippen molar-refractivity contribution in [1.29, 1.82) is 0 Å². The first-order valence-corrected chi connectivity index (χ1v) is 10.7. The van der Waals surface area contributed by atoms with Crippen LogP contribution in [0.25, 0.3) is 0 Å². The normalized spacial score (nSPS) is 13.1. The summed E-state index contributed by atoms with van der Waals surface area (Å²) in [5.41, 5.74) is 2.65. The Morgan fingerprint density at radius 3 is 2.00 bits per heavy atom. The van der Waals surface area contributed by atoms with Gasteiger partial charge in [0.25, 0.3) is 0 Å². The van der Waals surface area contributed by atoms with Crippen LogP contribution in [0.1, 0.15) is 61.3 Å². The maximum absolute atomic E-state index is 12.6. The first kappa shape index (κ1) is 21.0. The van der Waals surface area contributed by atoms with Crippen molar-refractivity contribution in [1.82, 2.24) is 0 Å². The molecule has 0 rings (SSSR count). The van der Waals surface area contributed by atoms with Gasteiger partial charge in [-0.1, -0.05) is 23.3 Å². The van der Waals surface area contributed by atoms with E-state index < -0.39 is 6.80 Å². The summed E-state index contributed by atoms with van der Waals surface area (Å²) in [5.74, 6) is 0.650. The Morgan fingerprint density at radius 1 is 1.05 bits per heavy atom. The maximum Gasteiger partial charge on any atom is 0.389 e. The van der Waals surface area contributed by atoms with Gasteiger partial charge in [-0.2, -0.15) is 0 Å². The van der Waals surface area contributed by atoms with E-state index in [1.807, 2.05) is 27.7 Å². The van der Waals surface area contributed by atoms with E-state index in [1.165, 1.54) is 22.5 Å². The largest absolute Gasteiger partial charge is 0.389 e. The summed E-state index contributed by atoms with van der Waals surface area (Å²) in [6.45, 7) is 10.7. The van der Waals surface area contributed by atoms with Crippen molar-refractivity contribution < 1.29 is 13.6 Å². The standard InChI is InChI=1S/C16H31O3PS/c1-13(2)9-8-10-16(7)11-12-21-20(17,18-14(3)4)19-15(5)6/h9,11,14-15H,8,10,12H2,1-7H3/b16-11+. The second kappa shape index (κ2) is 10.7. The average Bonchev–Trinajstić information content (AvgIpc) is 2.25. The third-order valence-electron chi connectivity index (χ3n) is 2.44. The zero-order valence-corrected chi connectivity index (χ0v) is 16.2. The van der Waals surface area contributed by atoms with Crippen molar-refractivity contribution >= 4 is 18.2 Å². The van der Waals surface area contributed by atoms with Crippen LogP contribution in [0.4, 0.5) is 0 Å². The lowest BCUT2D eigenvalue weighted by Gasteiger charge is -2.21. The molecule has 0 unspecified atom stereocenters. The van der Waals surface area contributed by atoms with Crippen molar-refractivity contribution in [3.8, 4) is 0 Å². The molecule has 3 nitrogen and oxygen atoms in total. The quantitative estimate of drug-likeness (QED) is 0.343. The molecule has 0 aliphatic carbocycles. The zero-order valence-electron chi connectivity index (χ0n) is 14.5. The predicted molar refractivity (Wildman–Crippen MR) is 94.9 cm³/mol. The predicted octanol–water partition coefficient (Wildman–Crippen LogP) is 6.37. The Balaban J connectivity index is 4.41. The van der Waals surface area contributed by atoms with Gasteiger partial charge in [0, 0.05) is 5.75 Å². The first-order chi connectivity index (χ1) is 9.64. The summed E-state index contributed by atoms with van der Waals surface area (Å²) >= 11 is 1.27. The molecule has 5 heteroatoms. The second-order valence-electron chi connectivity index (χ2n) is 5.92. The molecule has 0 aromatic heterocycles. The highest BCUT2D eigenvalue weighted by atomic mass is 32.7. The average molecular weight is 334 g/mol. The molecule has 21 heavy (non-hydrogen) atoms. The Labute approximate surface area is 134 Å². The van der Waals surface area contributed by atoms with E-state index in [4.69, 9.17) is 9.05 Å². The molecule has 0 aliphatic rings. The van der Waals surface area contributed by atoms with Gasteiger partial charge in [-0.15, -0.1) is 0 Å². The molecule has 0 bridgehead atoms. The minimum atomic E-state index is -3.07. The SMILES string of the molecule is CC(C)=CCC/C(C)=C/CSP(=O)(OC(C)C)OC(C)C. The fraction of sp³-hybridized carbons (Fsp3) is 0.750. The van der Waals surface area contributed by atoms with E-state index in [0.29, 0.717) is 5.75 Å². The smallest absolute Gasteiger partial charge is 0.298 e. The lowest BCUT2D eigenvalue weighted by molar-refractivity contribution is 0.156.